The maximum atomic E-state index is 4.43. The molecular formula is C12H16N4. The summed E-state index contributed by atoms with van der Waals surface area (Å²) in [6.45, 7) is 5.63. The van der Waals surface area contributed by atoms with E-state index in [-0.39, 0.29) is 0 Å². The molecule has 0 aliphatic rings. The van der Waals surface area contributed by atoms with Crippen LogP contribution in [0.15, 0.2) is 24.4 Å². The van der Waals surface area contributed by atoms with Gasteiger partial charge in [-0.3, -0.25) is 10.1 Å². The Labute approximate surface area is 95.1 Å². The lowest BCUT2D eigenvalue weighted by Gasteiger charge is -2.04. The summed E-state index contributed by atoms with van der Waals surface area (Å²) < 4.78 is 0. The summed E-state index contributed by atoms with van der Waals surface area (Å²) in [4.78, 5) is 4.43. The van der Waals surface area contributed by atoms with E-state index in [1.165, 1.54) is 5.56 Å². The third kappa shape index (κ3) is 2.67. The van der Waals surface area contributed by atoms with Gasteiger partial charge in [0.2, 0.25) is 0 Å². The molecule has 84 valence electrons. The quantitative estimate of drug-likeness (QED) is 0.818. The van der Waals surface area contributed by atoms with Crippen LogP contribution in [0, 0.1) is 13.8 Å². The van der Waals surface area contributed by atoms with Crippen LogP contribution in [0.5, 0.6) is 0 Å². The number of hydrogen-bond donors (Lipinski definition) is 2. The Morgan fingerprint density at radius 2 is 2.12 bits per heavy atom. The molecule has 2 rings (SSSR count). The predicted octanol–water partition coefficient (Wildman–Crippen LogP) is 1.71. The van der Waals surface area contributed by atoms with E-state index in [0.717, 1.165) is 30.2 Å². The van der Waals surface area contributed by atoms with Crippen LogP contribution in [0.3, 0.4) is 0 Å². The van der Waals surface area contributed by atoms with Crippen LogP contribution in [-0.2, 0) is 13.1 Å². The number of hydrogen-bond acceptors (Lipinski definition) is 3. The average Bonchev–Trinajstić information content (AvgIpc) is 2.65. The van der Waals surface area contributed by atoms with E-state index in [0.29, 0.717) is 0 Å². The molecule has 4 heteroatoms. The highest BCUT2D eigenvalue weighted by Gasteiger charge is 2.00. The summed E-state index contributed by atoms with van der Waals surface area (Å²) in [5, 5.41) is 10.3. The Morgan fingerprint density at radius 1 is 1.25 bits per heavy atom. The van der Waals surface area contributed by atoms with Gasteiger partial charge in [0.15, 0.2) is 0 Å². The highest BCUT2D eigenvalue weighted by atomic mass is 15.1. The summed E-state index contributed by atoms with van der Waals surface area (Å²) in [6, 6.07) is 6.06. The lowest BCUT2D eigenvalue weighted by atomic mass is 10.2. The molecule has 0 amide bonds. The molecule has 0 saturated carbocycles. The van der Waals surface area contributed by atoms with Crippen LogP contribution in [0.1, 0.15) is 22.6 Å². The van der Waals surface area contributed by atoms with Gasteiger partial charge < -0.3 is 5.32 Å². The molecule has 0 atom stereocenters. The van der Waals surface area contributed by atoms with E-state index in [9.17, 15) is 0 Å². The van der Waals surface area contributed by atoms with Gasteiger partial charge in [-0.15, -0.1) is 0 Å². The Hall–Kier alpha value is -1.68. The summed E-state index contributed by atoms with van der Waals surface area (Å²) in [5.74, 6) is 0. The first-order chi connectivity index (χ1) is 7.75. The lowest BCUT2D eigenvalue weighted by Crippen LogP contribution is -2.14. The molecule has 2 aromatic rings. The summed E-state index contributed by atoms with van der Waals surface area (Å²) in [6.07, 6.45) is 1.85. The highest BCUT2D eigenvalue weighted by Crippen LogP contribution is 2.02. The maximum absolute atomic E-state index is 4.43. The number of aromatic amines is 1. The van der Waals surface area contributed by atoms with Crippen molar-refractivity contribution in [3.05, 3.63) is 47.0 Å². The van der Waals surface area contributed by atoms with Crippen molar-refractivity contribution in [2.75, 3.05) is 0 Å². The molecule has 0 fully saturated rings. The minimum atomic E-state index is 0.784. The van der Waals surface area contributed by atoms with Crippen LogP contribution in [0.25, 0.3) is 0 Å². The van der Waals surface area contributed by atoms with Crippen molar-refractivity contribution in [3.63, 3.8) is 0 Å². The number of nitrogens with zero attached hydrogens (tertiary/aromatic N) is 2. The molecule has 0 saturated heterocycles. The minimum absolute atomic E-state index is 0.784. The van der Waals surface area contributed by atoms with E-state index in [1.54, 1.807) is 0 Å². The van der Waals surface area contributed by atoms with Crippen molar-refractivity contribution in [3.8, 4) is 0 Å². The summed E-state index contributed by atoms with van der Waals surface area (Å²) in [7, 11) is 0. The number of aryl methyl sites for hydroxylation is 2. The fraction of sp³-hybridized carbons (Fsp3) is 0.333. The number of aromatic nitrogens is 3. The summed E-state index contributed by atoms with van der Waals surface area (Å²) in [5.41, 5.74) is 4.44. The topological polar surface area (TPSA) is 53.6 Å². The van der Waals surface area contributed by atoms with Crippen molar-refractivity contribution in [2.24, 2.45) is 0 Å². The van der Waals surface area contributed by atoms with Crippen LogP contribution in [-0.4, -0.2) is 15.2 Å². The van der Waals surface area contributed by atoms with E-state index >= 15 is 0 Å². The third-order valence-electron chi connectivity index (χ3n) is 2.50. The van der Waals surface area contributed by atoms with Crippen LogP contribution < -0.4 is 5.32 Å². The molecule has 0 bridgehead atoms. The van der Waals surface area contributed by atoms with Crippen LogP contribution in [0.4, 0.5) is 0 Å². The fourth-order valence-corrected chi connectivity index (χ4v) is 1.58. The largest absolute Gasteiger partial charge is 0.307 e. The second kappa shape index (κ2) is 4.90. The van der Waals surface area contributed by atoms with Gasteiger partial charge >= 0.3 is 0 Å². The molecule has 16 heavy (non-hydrogen) atoms. The molecule has 0 aromatic carbocycles. The molecule has 2 heterocycles. The van der Waals surface area contributed by atoms with Gasteiger partial charge in [0, 0.05) is 30.0 Å². The van der Waals surface area contributed by atoms with Crippen LogP contribution >= 0.6 is 0 Å². The van der Waals surface area contributed by atoms with Gasteiger partial charge in [-0.25, -0.2) is 0 Å². The molecule has 0 aliphatic heterocycles. The third-order valence-corrected chi connectivity index (χ3v) is 2.50. The molecule has 0 radical (unpaired) electrons. The van der Waals surface area contributed by atoms with E-state index < -0.39 is 0 Å². The van der Waals surface area contributed by atoms with Crippen LogP contribution in [0.2, 0.25) is 0 Å². The normalized spacial score (nSPS) is 10.6. The number of rotatable bonds is 4. The van der Waals surface area contributed by atoms with Crippen molar-refractivity contribution in [1.82, 2.24) is 20.5 Å². The van der Waals surface area contributed by atoms with Gasteiger partial charge in [0.1, 0.15) is 0 Å². The smallest absolute Gasteiger partial charge is 0.0544 e. The lowest BCUT2D eigenvalue weighted by molar-refractivity contribution is 0.676. The average molecular weight is 216 g/mol. The monoisotopic (exact) mass is 216 g/mol. The van der Waals surface area contributed by atoms with Gasteiger partial charge in [-0.2, -0.15) is 5.10 Å². The minimum Gasteiger partial charge on any atom is -0.307 e. The Morgan fingerprint density at radius 3 is 2.81 bits per heavy atom. The van der Waals surface area contributed by atoms with Crippen molar-refractivity contribution in [1.29, 1.82) is 0 Å². The molecule has 0 unspecified atom stereocenters. The van der Waals surface area contributed by atoms with E-state index in [2.05, 4.69) is 20.5 Å². The van der Waals surface area contributed by atoms with Crippen molar-refractivity contribution < 1.29 is 0 Å². The predicted molar refractivity (Wildman–Crippen MR) is 62.8 cm³/mol. The standard InChI is InChI=1S/C12H16N4/c1-9-4-3-5-12(15-9)8-13-6-11-7-14-16-10(11)2/h3-5,7,13H,6,8H2,1-2H3,(H,14,16). The first-order valence-corrected chi connectivity index (χ1v) is 5.38. The van der Waals surface area contributed by atoms with E-state index in [1.807, 2.05) is 38.2 Å². The second-order valence-electron chi connectivity index (χ2n) is 3.89. The Bertz CT molecular complexity index is 462. The highest BCUT2D eigenvalue weighted by molar-refractivity contribution is 5.14. The first kappa shape index (κ1) is 10.8. The number of nitrogens with one attached hydrogen (secondary N) is 2. The molecule has 4 nitrogen and oxygen atoms in total. The Balaban J connectivity index is 1.87. The maximum Gasteiger partial charge on any atom is 0.0544 e. The van der Waals surface area contributed by atoms with Crippen molar-refractivity contribution >= 4 is 0 Å². The molecule has 2 aromatic heterocycles. The molecule has 0 spiro atoms. The van der Waals surface area contributed by atoms with E-state index in [4.69, 9.17) is 0 Å². The number of H-pyrrole nitrogens is 1. The zero-order valence-electron chi connectivity index (χ0n) is 9.62. The fourth-order valence-electron chi connectivity index (χ4n) is 1.58. The Kier molecular flexibility index (Phi) is 3.31. The summed E-state index contributed by atoms with van der Waals surface area (Å²) >= 11 is 0. The number of pyridine rings is 1. The van der Waals surface area contributed by atoms with Crippen molar-refractivity contribution in [2.45, 2.75) is 26.9 Å². The first-order valence-electron chi connectivity index (χ1n) is 5.38. The van der Waals surface area contributed by atoms with Gasteiger partial charge in [-0.1, -0.05) is 6.07 Å². The van der Waals surface area contributed by atoms with Gasteiger partial charge in [0.05, 0.1) is 11.9 Å². The molecule has 2 N–H and O–H groups in total. The molecular weight excluding hydrogens is 200 g/mol. The zero-order chi connectivity index (χ0) is 11.4. The molecule has 0 aliphatic carbocycles. The zero-order valence-corrected chi connectivity index (χ0v) is 9.62. The SMILES string of the molecule is Cc1cccc(CNCc2cn[nH]c2C)n1. The second-order valence-corrected chi connectivity index (χ2v) is 3.89. The van der Waals surface area contributed by atoms with Gasteiger partial charge in [-0.05, 0) is 26.0 Å². The van der Waals surface area contributed by atoms with Gasteiger partial charge in [0.25, 0.3) is 0 Å².